The van der Waals surface area contributed by atoms with Gasteiger partial charge in [0.2, 0.25) is 5.88 Å². The van der Waals surface area contributed by atoms with Crippen LogP contribution in [0.3, 0.4) is 0 Å². The normalized spacial score (nSPS) is 11.4. The number of nitrogen functional groups attached to an aromatic ring is 1. The Kier molecular flexibility index (Phi) is 4.25. The molecule has 0 unspecified atom stereocenters. The summed E-state index contributed by atoms with van der Waals surface area (Å²) in [6.45, 7) is 8.57. The summed E-state index contributed by atoms with van der Waals surface area (Å²) in [6, 6.07) is 4.04. The second kappa shape index (κ2) is 5.76. The number of hydrogen-bond acceptors (Lipinski definition) is 6. The summed E-state index contributed by atoms with van der Waals surface area (Å²) in [5.74, 6) is 7.41. The zero-order valence-electron chi connectivity index (χ0n) is 12.2. The summed E-state index contributed by atoms with van der Waals surface area (Å²) < 4.78 is 5.82. The summed E-state index contributed by atoms with van der Waals surface area (Å²) >= 11 is 1.66. The van der Waals surface area contributed by atoms with Gasteiger partial charge in [-0.3, -0.25) is 0 Å². The lowest BCUT2D eigenvalue weighted by Crippen LogP contribution is -2.20. The van der Waals surface area contributed by atoms with Gasteiger partial charge in [-0.2, -0.15) is 4.98 Å². The van der Waals surface area contributed by atoms with Crippen LogP contribution in [0.5, 0.6) is 5.88 Å². The maximum absolute atomic E-state index is 5.82. The first-order valence-electron chi connectivity index (χ1n) is 6.42. The molecule has 5 nitrogen and oxygen atoms in total. The Morgan fingerprint density at radius 3 is 2.65 bits per heavy atom. The van der Waals surface area contributed by atoms with Crippen LogP contribution in [0.25, 0.3) is 0 Å². The topological polar surface area (TPSA) is 73.1 Å². The number of anilines is 1. The fourth-order valence-corrected chi connectivity index (χ4v) is 2.26. The Morgan fingerprint density at radius 1 is 1.35 bits per heavy atom. The summed E-state index contributed by atoms with van der Waals surface area (Å²) in [5.41, 5.74) is 3.26. The smallest absolute Gasteiger partial charge is 0.222 e. The predicted octanol–water partition coefficient (Wildman–Crippen LogP) is 3.01. The molecule has 0 saturated carbocycles. The Morgan fingerprint density at radius 2 is 2.10 bits per heavy atom. The average molecular weight is 292 g/mol. The molecule has 108 valence electrons. The van der Waals surface area contributed by atoms with Gasteiger partial charge in [0.15, 0.2) is 5.82 Å². The Balaban J connectivity index is 2.30. The molecule has 3 N–H and O–H groups in total. The molecule has 6 heteroatoms. The van der Waals surface area contributed by atoms with Crippen molar-refractivity contribution in [3.63, 3.8) is 0 Å². The van der Waals surface area contributed by atoms with Crippen LogP contribution in [0.4, 0.5) is 5.82 Å². The lowest BCUT2D eigenvalue weighted by molar-refractivity contribution is 0.291. The van der Waals surface area contributed by atoms with Crippen LogP contribution >= 0.6 is 11.3 Å². The van der Waals surface area contributed by atoms with Crippen molar-refractivity contribution in [1.29, 1.82) is 0 Å². The number of hydrazine groups is 1. The van der Waals surface area contributed by atoms with E-state index in [2.05, 4.69) is 36.2 Å². The first-order valence-corrected chi connectivity index (χ1v) is 7.30. The molecular weight excluding hydrogens is 272 g/mol. The molecular formula is C14H20N4OS. The third kappa shape index (κ3) is 3.26. The number of hydrogen-bond donors (Lipinski definition) is 2. The van der Waals surface area contributed by atoms with Gasteiger partial charge in [-0.25, -0.2) is 10.8 Å². The largest absolute Gasteiger partial charge is 0.472 e. The van der Waals surface area contributed by atoms with Gasteiger partial charge in [-0.1, -0.05) is 26.8 Å². The summed E-state index contributed by atoms with van der Waals surface area (Å²) in [6.07, 6.45) is 0. The molecule has 2 rings (SSSR count). The summed E-state index contributed by atoms with van der Waals surface area (Å²) in [4.78, 5) is 10.1. The van der Waals surface area contributed by atoms with E-state index < -0.39 is 0 Å². The van der Waals surface area contributed by atoms with E-state index in [0.29, 0.717) is 24.1 Å². The predicted molar refractivity (Wildman–Crippen MR) is 81.9 cm³/mol. The number of thiophene rings is 1. The lowest BCUT2D eigenvalue weighted by atomic mass is 9.95. The second-order valence-electron chi connectivity index (χ2n) is 5.59. The highest BCUT2D eigenvalue weighted by Crippen LogP contribution is 2.27. The van der Waals surface area contributed by atoms with E-state index in [9.17, 15) is 0 Å². The van der Waals surface area contributed by atoms with E-state index in [1.54, 1.807) is 11.3 Å². The minimum absolute atomic E-state index is 0.166. The molecule has 0 spiro atoms. The molecule has 0 radical (unpaired) electrons. The molecule has 0 atom stereocenters. The number of rotatable bonds is 4. The van der Waals surface area contributed by atoms with Gasteiger partial charge in [0.25, 0.3) is 0 Å². The van der Waals surface area contributed by atoms with Crippen molar-refractivity contribution in [2.24, 2.45) is 5.84 Å². The number of ether oxygens (including phenoxy) is 1. The molecule has 0 aromatic carbocycles. The number of nitrogens with zero attached hydrogens (tertiary/aromatic N) is 2. The van der Waals surface area contributed by atoms with Gasteiger partial charge in [0, 0.05) is 10.3 Å². The SMILES string of the molecule is Cc1c(NN)nc(C(C)(C)C)nc1OCc1cccs1. The second-order valence-corrected chi connectivity index (χ2v) is 6.62. The van der Waals surface area contributed by atoms with Crippen molar-refractivity contribution < 1.29 is 4.74 Å². The molecule has 20 heavy (non-hydrogen) atoms. The first-order chi connectivity index (χ1) is 9.41. The molecule has 2 heterocycles. The highest BCUT2D eigenvalue weighted by molar-refractivity contribution is 7.09. The number of aromatic nitrogens is 2. The molecule has 0 amide bonds. The van der Waals surface area contributed by atoms with E-state index >= 15 is 0 Å². The van der Waals surface area contributed by atoms with Crippen molar-refractivity contribution in [3.05, 3.63) is 33.8 Å². The Hall–Kier alpha value is -1.66. The van der Waals surface area contributed by atoms with Crippen molar-refractivity contribution in [2.75, 3.05) is 5.43 Å². The van der Waals surface area contributed by atoms with Gasteiger partial charge < -0.3 is 10.2 Å². The fraction of sp³-hybridized carbons (Fsp3) is 0.429. The minimum atomic E-state index is -0.166. The van der Waals surface area contributed by atoms with E-state index in [1.165, 1.54) is 0 Å². The number of nitrogens with one attached hydrogen (secondary N) is 1. The van der Waals surface area contributed by atoms with Crippen molar-refractivity contribution in [2.45, 2.75) is 39.7 Å². The maximum atomic E-state index is 5.82. The summed E-state index contributed by atoms with van der Waals surface area (Å²) in [5, 5.41) is 2.03. The molecule has 2 aromatic rings. The quantitative estimate of drug-likeness (QED) is 0.669. The van der Waals surface area contributed by atoms with Crippen LogP contribution in [-0.4, -0.2) is 9.97 Å². The number of nitrogens with two attached hydrogens (primary N) is 1. The van der Waals surface area contributed by atoms with Crippen LogP contribution in [0.2, 0.25) is 0 Å². The molecule has 0 saturated heterocycles. The standard InChI is InChI=1S/C14H20N4OS/c1-9-11(18-15)16-13(14(2,3)4)17-12(9)19-8-10-6-5-7-20-10/h5-7H,8,15H2,1-4H3,(H,16,17,18). The van der Waals surface area contributed by atoms with Gasteiger partial charge in [-0.15, -0.1) is 11.3 Å². The average Bonchev–Trinajstić information content (AvgIpc) is 2.89. The molecule has 0 aliphatic carbocycles. The lowest BCUT2D eigenvalue weighted by Gasteiger charge is -2.20. The first kappa shape index (κ1) is 14.7. The van der Waals surface area contributed by atoms with Crippen LogP contribution in [0, 0.1) is 6.92 Å². The van der Waals surface area contributed by atoms with Crippen molar-refractivity contribution in [1.82, 2.24) is 9.97 Å². The van der Waals surface area contributed by atoms with Gasteiger partial charge in [0.05, 0.1) is 5.56 Å². The van der Waals surface area contributed by atoms with Gasteiger partial charge in [-0.05, 0) is 18.4 Å². The van der Waals surface area contributed by atoms with Crippen molar-refractivity contribution in [3.8, 4) is 5.88 Å². The maximum Gasteiger partial charge on any atom is 0.222 e. The fourth-order valence-electron chi connectivity index (χ4n) is 1.65. The summed E-state index contributed by atoms with van der Waals surface area (Å²) in [7, 11) is 0. The molecule has 0 bridgehead atoms. The Bertz CT molecular complexity index is 576. The van der Waals surface area contributed by atoms with E-state index in [4.69, 9.17) is 10.6 Å². The van der Waals surface area contributed by atoms with Crippen molar-refractivity contribution >= 4 is 17.2 Å². The third-order valence-electron chi connectivity index (χ3n) is 2.84. The van der Waals surface area contributed by atoms with E-state index in [-0.39, 0.29) is 5.41 Å². The molecule has 0 fully saturated rings. The molecule has 0 aliphatic rings. The Labute approximate surface area is 123 Å². The van der Waals surface area contributed by atoms with Crippen LogP contribution in [-0.2, 0) is 12.0 Å². The zero-order chi connectivity index (χ0) is 14.8. The van der Waals surface area contributed by atoms with Gasteiger partial charge in [0.1, 0.15) is 12.4 Å². The van der Waals surface area contributed by atoms with Crippen LogP contribution < -0.4 is 16.0 Å². The van der Waals surface area contributed by atoms with Crippen LogP contribution in [0.1, 0.15) is 37.0 Å². The minimum Gasteiger partial charge on any atom is -0.472 e. The molecule has 0 aliphatic heterocycles. The third-order valence-corrected chi connectivity index (χ3v) is 3.69. The monoisotopic (exact) mass is 292 g/mol. The van der Waals surface area contributed by atoms with E-state index in [0.717, 1.165) is 10.4 Å². The molecule has 2 aromatic heterocycles. The van der Waals surface area contributed by atoms with Crippen LogP contribution in [0.15, 0.2) is 17.5 Å². The highest BCUT2D eigenvalue weighted by Gasteiger charge is 2.21. The highest BCUT2D eigenvalue weighted by atomic mass is 32.1. The van der Waals surface area contributed by atoms with E-state index in [1.807, 2.05) is 24.4 Å². The van der Waals surface area contributed by atoms with Gasteiger partial charge >= 0.3 is 0 Å². The zero-order valence-corrected chi connectivity index (χ0v) is 13.0.